The van der Waals surface area contributed by atoms with Crippen LogP contribution in [0.3, 0.4) is 0 Å². The molecule has 0 radical (unpaired) electrons. The number of rotatable bonds is 7. The Morgan fingerprint density at radius 1 is 0.396 bits per heavy atom. The number of benzene rings is 5. The molecule has 9 heteroatoms. The summed E-state index contributed by atoms with van der Waals surface area (Å²) in [6, 6.07) is 44.3. The van der Waals surface area contributed by atoms with Crippen molar-refractivity contribution in [1.29, 1.82) is 0 Å². The highest BCUT2D eigenvalue weighted by Crippen LogP contribution is 2.39. The monoisotopic (exact) mass is 690 g/mol. The molecule has 0 saturated heterocycles. The summed E-state index contributed by atoms with van der Waals surface area (Å²) in [4.78, 5) is 18.2. The minimum Gasteiger partial charge on any atom is -0.457 e. The molecule has 5 aromatic carbocycles. The Hall–Kier alpha value is -7.39. The third-order valence-electron chi connectivity index (χ3n) is 9.28. The lowest BCUT2D eigenvalue weighted by Gasteiger charge is -2.13. The first kappa shape index (κ1) is 30.4. The van der Waals surface area contributed by atoms with Crippen molar-refractivity contribution in [3.8, 4) is 46.0 Å². The maximum atomic E-state index is 14.4. The smallest absolute Gasteiger partial charge is 0.159 e. The van der Waals surface area contributed by atoms with Gasteiger partial charge in [-0.3, -0.25) is 9.13 Å². The molecule has 252 valence electrons. The van der Waals surface area contributed by atoms with Crippen LogP contribution in [0.15, 0.2) is 164 Å². The van der Waals surface area contributed by atoms with Crippen molar-refractivity contribution in [2.45, 2.75) is 0 Å². The molecule has 0 N–H and O–H groups in total. The Kier molecular flexibility index (Phi) is 7.14. The molecule has 0 amide bonds. The summed E-state index contributed by atoms with van der Waals surface area (Å²) in [5, 5.41) is 4.24. The summed E-state index contributed by atoms with van der Waals surface area (Å²) in [5.74, 6) is 3.76. The number of nitrogens with zero attached hydrogens (tertiary/aromatic N) is 6. The van der Waals surface area contributed by atoms with Crippen molar-refractivity contribution in [3.63, 3.8) is 0 Å². The Labute approximate surface area is 302 Å². The Morgan fingerprint density at radius 3 is 1.55 bits per heavy atom. The van der Waals surface area contributed by atoms with Crippen molar-refractivity contribution in [2.75, 3.05) is 0 Å². The molecule has 0 aliphatic heterocycles. The van der Waals surface area contributed by atoms with Crippen molar-refractivity contribution in [3.05, 3.63) is 170 Å². The summed E-state index contributed by atoms with van der Waals surface area (Å²) >= 11 is 0. The first-order valence-electron chi connectivity index (χ1n) is 17.0. The van der Waals surface area contributed by atoms with Gasteiger partial charge in [-0.25, -0.2) is 24.3 Å². The fourth-order valence-electron chi connectivity index (χ4n) is 7.06. The Morgan fingerprint density at radius 2 is 0.943 bits per heavy atom. The lowest BCUT2D eigenvalue weighted by atomic mass is 10.1. The van der Waals surface area contributed by atoms with Gasteiger partial charge in [0.15, 0.2) is 5.82 Å². The molecule has 0 spiro atoms. The highest BCUT2D eigenvalue weighted by atomic mass is 19.1. The minimum absolute atomic E-state index is 0.363. The molecule has 0 fully saturated rings. The number of pyridine rings is 2. The van der Waals surface area contributed by atoms with Gasteiger partial charge in [0.2, 0.25) is 0 Å². The molecule has 53 heavy (non-hydrogen) atoms. The SMILES string of the molecule is Fc1ccnc(-n2c3ccccc3c3ccc(Oc4cc(Oc5ccc6c7ccccc7n(-c7ccccn7)c6c5)cc(-c5ncccn5)c4)cc32)c1. The number of hydrogen-bond donors (Lipinski definition) is 0. The molecular weight excluding hydrogens is 664 g/mol. The average Bonchev–Trinajstić information content (AvgIpc) is 3.70. The zero-order chi connectivity index (χ0) is 35.3. The van der Waals surface area contributed by atoms with E-state index in [-0.39, 0.29) is 5.82 Å². The lowest BCUT2D eigenvalue weighted by Crippen LogP contribution is -1.98. The first-order valence-corrected chi connectivity index (χ1v) is 17.0. The van der Waals surface area contributed by atoms with Crippen LogP contribution in [0.25, 0.3) is 66.6 Å². The van der Waals surface area contributed by atoms with Gasteiger partial charge in [0.1, 0.15) is 40.5 Å². The number of para-hydroxylation sites is 2. The second-order valence-corrected chi connectivity index (χ2v) is 12.6. The molecule has 8 nitrogen and oxygen atoms in total. The van der Waals surface area contributed by atoms with Crippen LogP contribution < -0.4 is 9.47 Å². The fourth-order valence-corrected chi connectivity index (χ4v) is 7.06. The van der Waals surface area contributed by atoms with Gasteiger partial charge in [-0.15, -0.1) is 0 Å². The van der Waals surface area contributed by atoms with E-state index in [1.165, 1.54) is 18.3 Å². The van der Waals surface area contributed by atoms with E-state index in [1.807, 2.05) is 108 Å². The van der Waals surface area contributed by atoms with Crippen LogP contribution in [0.5, 0.6) is 23.0 Å². The molecule has 0 atom stereocenters. The Bertz CT molecular complexity index is 2980. The fraction of sp³-hybridized carbons (Fsp3) is 0. The largest absolute Gasteiger partial charge is 0.457 e. The van der Waals surface area contributed by atoms with E-state index in [4.69, 9.17) is 9.47 Å². The number of ether oxygens (including phenoxy) is 2. The molecule has 5 heterocycles. The molecular formula is C44H27FN6O2. The summed E-state index contributed by atoms with van der Waals surface area (Å²) in [5.41, 5.74) is 4.49. The van der Waals surface area contributed by atoms with Crippen LogP contribution in [0.1, 0.15) is 0 Å². The number of fused-ring (bicyclic) bond motifs is 6. The van der Waals surface area contributed by atoms with Gasteiger partial charge in [0.05, 0.1) is 22.1 Å². The van der Waals surface area contributed by atoms with E-state index >= 15 is 0 Å². The maximum absolute atomic E-state index is 14.4. The zero-order valence-electron chi connectivity index (χ0n) is 28.0. The molecule has 10 aromatic rings. The molecule has 5 aromatic heterocycles. The molecule has 0 unspecified atom stereocenters. The zero-order valence-corrected chi connectivity index (χ0v) is 28.0. The number of aromatic nitrogens is 6. The van der Waals surface area contributed by atoms with Crippen LogP contribution in [0.4, 0.5) is 4.39 Å². The molecule has 0 saturated carbocycles. The summed E-state index contributed by atoms with van der Waals surface area (Å²) in [6.45, 7) is 0. The van der Waals surface area contributed by atoms with Crippen molar-refractivity contribution >= 4 is 43.6 Å². The predicted octanol–water partition coefficient (Wildman–Crippen LogP) is 10.9. The normalized spacial score (nSPS) is 11.5. The van der Waals surface area contributed by atoms with E-state index in [1.54, 1.807) is 24.7 Å². The van der Waals surface area contributed by atoms with E-state index in [0.29, 0.717) is 34.6 Å². The maximum Gasteiger partial charge on any atom is 0.159 e. The van der Waals surface area contributed by atoms with Crippen molar-refractivity contribution in [2.24, 2.45) is 0 Å². The van der Waals surface area contributed by atoms with Crippen LogP contribution >= 0.6 is 0 Å². The summed E-state index contributed by atoms with van der Waals surface area (Å²) in [6.07, 6.45) is 6.67. The molecule has 0 bridgehead atoms. The number of hydrogen-bond acceptors (Lipinski definition) is 6. The highest BCUT2D eigenvalue weighted by molar-refractivity contribution is 6.10. The topological polar surface area (TPSA) is 79.9 Å². The van der Waals surface area contributed by atoms with E-state index in [2.05, 4.69) is 42.7 Å². The summed E-state index contributed by atoms with van der Waals surface area (Å²) < 4.78 is 31.7. The van der Waals surface area contributed by atoms with Gasteiger partial charge in [0.25, 0.3) is 0 Å². The number of halogens is 1. The quantitative estimate of drug-likeness (QED) is 0.166. The minimum atomic E-state index is -0.363. The van der Waals surface area contributed by atoms with Gasteiger partial charge in [-0.05, 0) is 72.8 Å². The van der Waals surface area contributed by atoms with Gasteiger partial charge in [0, 0.05) is 76.2 Å². The Balaban J connectivity index is 1.07. The van der Waals surface area contributed by atoms with Gasteiger partial charge >= 0.3 is 0 Å². The van der Waals surface area contributed by atoms with E-state index in [9.17, 15) is 4.39 Å². The van der Waals surface area contributed by atoms with Gasteiger partial charge < -0.3 is 9.47 Å². The van der Waals surface area contributed by atoms with Crippen LogP contribution in [-0.2, 0) is 0 Å². The second kappa shape index (κ2) is 12.4. The van der Waals surface area contributed by atoms with Crippen LogP contribution in [0, 0.1) is 5.82 Å². The molecule has 0 aliphatic carbocycles. The van der Waals surface area contributed by atoms with Gasteiger partial charge in [-0.1, -0.05) is 42.5 Å². The standard InChI is InChI=1S/C44H27FN6O2/c45-29-17-21-47-43(24-29)51-39-11-4-2-9-35(39)37-16-14-31(27-41(37)51)53-33-23-28(44-48-19-7-20-49-44)22-32(25-33)52-30-13-15-36-34-8-1-3-10-38(34)50(40(36)26-30)42-12-5-6-18-46-42/h1-27H. The first-order chi connectivity index (χ1) is 26.2. The van der Waals surface area contributed by atoms with Crippen molar-refractivity contribution in [1.82, 2.24) is 29.1 Å². The highest BCUT2D eigenvalue weighted by Gasteiger charge is 2.17. The summed E-state index contributed by atoms with van der Waals surface area (Å²) in [7, 11) is 0. The third-order valence-corrected chi connectivity index (χ3v) is 9.28. The van der Waals surface area contributed by atoms with Crippen molar-refractivity contribution < 1.29 is 13.9 Å². The average molecular weight is 691 g/mol. The van der Waals surface area contributed by atoms with E-state index in [0.717, 1.165) is 55.0 Å². The second-order valence-electron chi connectivity index (χ2n) is 12.6. The van der Waals surface area contributed by atoms with Crippen LogP contribution in [-0.4, -0.2) is 29.1 Å². The van der Waals surface area contributed by atoms with E-state index < -0.39 is 0 Å². The third kappa shape index (κ3) is 5.39. The molecule has 0 aliphatic rings. The predicted molar refractivity (Wildman–Crippen MR) is 205 cm³/mol. The van der Waals surface area contributed by atoms with Crippen LogP contribution in [0.2, 0.25) is 0 Å². The van der Waals surface area contributed by atoms with Gasteiger partial charge in [-0.2, -0.15) is 0 Å². The molecule has 10 rings (SSSR count). The lowest BCUT2D eigenvalue weighted by molar-refractivity contribution is 0.461.